The Hall–Kier alpha value is -2.28. The lowest BCUT2D eigenvalue weighted by atomic mass is 9.95. The Kier molecular flexibility index (Phi) is 4.87. The fraction of sp³-hybridized carbons (Fsp3) is 0.333. The summed E-state index contributed by atoms with van der Waals surface area (Å²) in [6, 6.07) is 5.02. The molecule has 0 saturated carbocycles. The highest BCUT2D eigenvalue weighted by Gasteiger charge is 2.31. The van der Waals surface area contributed by atoms with Gasteiger partial charge >= 0.3 is 5.97 Å². The van der Waals surface area contributed by atoms with E-state index < -0.39 is 12.0 Å². The molecule has 118 valence electrons. The zero-order valence-electron chi connectivity index (χ0n) is 12.9. The van der Waals surface area contributed by atoms with Crippen LogP contribution in [0.3, 0.4) is 0 Å². The van der Waals surface area contributed by atoms with Crippen LogP contribution in [0.15, 0.2) is 29.5 Å². The van der Waals surface area contributed by atoms with Crippen molar-refractivity contribution in [1.29, 1.82) is 0 Å². The second-order valence-electron chi connectivity index (χ2n) is 4.68. The normalized spacial score (nSPS) is 17.5. The molecule has 0 fully saturated rings. The molecule has 2 rings (SSSR count). The number of thiocarbonyl (C=S) groups is 1. The highest BCUT2D eigenvalue weighted by Crippen LogP contribution is 2.34. The Balaban J connectivity index is 2.50. The summed E-state index contributed by atoms with van der Waals surface area (Å²) in [4.78, 5) is 12.1. The van der Waals surface area contributed by atoms with Crippen LogP contribution in [0.2, 0.25) is 0 Å². The smallest absolute Gasteiger partial charge is 0.337 e. The van der Waals surface area contributed by atoms with Crippen molar-refractivity contribution in [1.82, 2.24) is 10.6 Å². The molecule has 1 unspecified atom stereocenters. The number of carbonyl (C=O) groups excluding carboxylic acids is 1. The lowest BCUT2D eigenvalue weighted by Crippen LogP contribution is -2.45. The van der Waals surface area contributed by atoms with E-state index in [4.69, 9.17) is 26.4 Å². The highest BCUT2D eigenvalue weighted by molar-refractivity contribution is 7.80. The largest absolute Gasteiger partial charge is 0.493 e. The molecule has 1 aliphatic heterocycles. The third-order valence-corrected chi connectivity index (χ3v) is 3.64. The average molecular weight is 322 g/mol. The van der Waals surface area contributed by atoms with Gasteiger partial charge in [-0.2, -0.15) is 0 Å². The fourth-order valence-corrected chi connectivity index (χ4v) is 2.63. The standard InChI is InChI=1S/C15H18N2O4S/c1-8-12(14(18)21-4)13(17-15(22)16-8)9-5-6-10(19-2)11(7-9)20-3/h5-7,13H,1-4H3,(H2,16,17,22). The van der Waals surface area contributed by atoms with Gasteiger partial charge in [0.25, 0.3) is 0 Å². The summed E-state index contributed by atoms with van der Waals surface area (Å²) in [5, 5.41) is 6.47. The SMILES string of the molecule is COC(=O)C1=C(C)NC(=S)NC1c1ccc(OC)c(OC)c1. The van der Waals surface area contributed by atoms with E-state index in [1.807, 2.05) is 6.07 Å². The number of carbonyl (C=O) groups is 1. The van der Waals surface area contributed by atoms with E-state index in [1.54, 1.807) is 33.3 Å². The maximum Gasteiger partial charge on any atom is 0.337 e. The van der Waals surface area contributed by atoms with Crippen molar-refractivity contribution >= 4 is 23.3 Å². The summed E-state index contributed by atoms with van der Waals surface area (Å²) >= 11 is 5.18. The number of allylic oxidation sites excluding steroid dienone is 1. The molecule has 0 amide bonds. The van der Waals surface area contributed by atoms with Gasteiger partial charge in [-0.1, -0.05) is 6.07 Å². The zero-order chi connectivity index (χ0) is 16.3. The van der Waals surface area contributed by atoms with Crippen LogP contribution >= 0.6 is 12.2 Å². The lowest BCUT2D eigenvalue weighted by Gasteiger charge is -2.29. The van der Waals surface area contributed by atoms with E-state index in [1.165, 1.54) is 7.11 Å². The minimum atomic E-state index is -0.417. The van der Waals surface area contributed by atoms with Crippen molar-refractivity contribution in [3.63, 3.8) is 0 Å². The molecule has 6 nitrogen and oxygen atoms in total. The highest BCUT2D eigenvalue weighted by atomic mass is 32.1. The third-order valence-electron chi connectivity index (χ3n) is 3.42. The topological polar surface area (TPSA) is 68.8 Å². The Morgan fingerprint density at radius 3 is 2.45 bits per heavy atom. The number of rotatable bonds is 4. The summed E-state index contributed by atoms with van der Waals surface area (Å²) in [7, 11) is 4.48. The first-order chi connectivity index (χ1) is 10.5. The van der Waals surface area contributed by atoms with Gasteiger partial charge in [0.2, 0.25) is 0 Å². The van der Waals surface area contributed by atoms with E-state index in [2.05, 4.69) is 10.6 Å². The molecule has 1 aromatic rings. The Labute approximate surface area is 134 Å². The molecule has 0 aliphatic carbocycles. The van der Waals surface area contributed by atoms with Crippen LogP contribution in [-0.2, 0) is 9.53 Å². The van der Waals surface area contributed by atoms with Crippen LogP contribution in [0.4, 0.5) is 0 Å². The van der Waals surface area contributed by atoms with Crippen LogP contribution in [-0.4, -0.2) is 32.4 Å². The van der Waals surface area contributed by atoms with Crippen molar-refractivity contribution in [2.45, 2.75) is 13.0 Å². The van der Waals surface area contributed by atoms with Crippen molar-refractivity contribution in [2.75, 3.05) is 21.3 Å². The van der Waals surface area contributed by atoms with Crippen LogP contribution < -0.4 is 20.1 Å². The molecule has 0 radical (unpaired) electrons. The van der Waals surface area contributed by atoms with Crippen LogP contribution in [0.5, 0.6) is 11.5 Å². The molecule has 1 aliphatic rings. The number of esters is 1. The van der Waals surface area contributed by atoms with Crippen molar-refractivity contribution < 1.29 is 19.0 Å². The third kappa shape index (κ3) is 2.99. The number of hydrogen-bond acceptors (Lipinski definition) is 5. The Morgan fingerprint density at radius 1 is 1.18 bits per heavy atom. The summed E-state index contributed by atoms with van der Waals surface area (Å²) < 4.78 is 15.4. The van der Waals surface area contributed by atoms with E-state index in [0.29, 0.717) is 27.9 Å². The quantitative estimate of drug-likeness (QED) is 0.645. The second-order valence-corrected chi connectivity index (χ2v) is 5.08. The summed E-state index contributed by atoms with van der Waals surface area (Å²) in [6.45, 7) is 1.78. The van der Waals surface area contributed by atoms with Crippen LogP contribution in [0, 0.1) is 0 Å². The van der Waals surface area contributed by atoms with Crippen molar-refractivity contribution in [3.8, 4) is 11.5 Å². The van der Waals surface area contributed by atoms with Gasteiger partial charge in [0, 0.05) is 5.70 Å². The van der Waals surface area contributed by atoms with E-state index in [0.717, 1.165) is 5.56 Å². The molecule has 22 heavy (non-hydrogen) atoms. The fourth-order valence-electron chi connectivity index (χ4n) is 2.36. The first-order valence-electron chi connectivity index (χ1n) is 6.60. The number of ether oxygens (including phenoxy) is 3. The van der Waals surface area contributed by atoms with Crippen LogP contribution in [0.1, 0.15) is 18.5 Å². The number of benzene rings is 1. The minimum absolute atomic E-state index is 0.416. The van der Waals surface area contributed by atoms with Crippen molar-refractivity contribution in [3.05, 3.63) is 35.0 Å². The average Bonchev–Trinajstić information content (AvgIpc) is 2.52. The molecule has 1 aromatic carbocycles. The molecule has 0 bridgehead atoms. The summed E-state index contributed by atoms with van der Waals surface area (Å²) in [5.74, 6) is 0.774. The van der Waals surface area contributed by atoms with Gasteiger partial charge < -0.3 is 24.8 Å². The maximum atomic E-state index is 12.1. The minimum Gasteiger partial charge on any atom is -0.493 e. The summed E-state index contributed by atoms with van der Waals surface area (Å²) in [6.07, 6.45) is 0. The van der Waals surface area contributed by atoms with E-state index in [-0.39, 0.29) is 0 Å². The number of hydrogen-bond donors (Lipinski definition) is 2. The second kappa shape index (κ2) is 6.65. The molecule has 1 atom stereocenters. The van der Waals surface area contributed by atoms with Gasteiger partial charge in [-0.3, -0.25) is 0 Å². The van der Waals surface area contributed by atoms with Crippen molar-refractivity contribution in [2.24, 2.45) is 0 Å². The predicted octanol–water partition coefficient (Wildman–Crippen LogP) is 1.67. The monoisotopic (exact) mass is 322 g/mol. The zero-order valence-corrected chi connectivity index (χ0v) is 13.7. The maximum absolute atomic E-state index is 12.1. The van der Waals surface area contributed by atoms with E-state index >= 15 is 0 Å². The van der Waals surface area contributed by atoms with Gasteiger partial charge in [-0.15, -0.1) is 0 Å². The lowest BCUT2D eigenvalue weighted by molar-refractivity contribution is -0.136. The summed E-state index contributed by atoms with van der Waals surface area (Å²) in [5.41, 5.74) is 1.96. The van der Waals surface area contributed by atoms with Gasteiger partial charge in [0.05, 0.1) is 32.9 Å². The first-order valence-corrected chi connectivity index (χ1v) is 7.01. The molecule has 0 aromatic heterocycles. The molecule has 7 heteroatoms. The Morgan fingerprint density at radius 2 is 1.86 bits per heavy atom. The van der Waals surface area contributed by atoms with Gasteiger partial charge in [-0.25, -0.2) is 4.79 Å². The molecule has 0 saturated heterocycles. The van der Waals surface area contributed by atoms with Gasteiger partial charge in [0.15, 0.2) is 16.6 Å². The molecule has 1 heterocycles. The number of methoxy groups -OCH3 is 3. The molecular weight excluding hydrogens is 304 g/mol. The van der Waals surface area contributed by atoms with Crippen LogP contribution in [0.25, 0.3) is 0 Å². The molecule has 0 spiro atoms. The van der Waals surface area contributed by atoms with Gasteiger partial charge in [-0.05, 0) is 36.8 Å². The number of nitrogens with one attached hydrogen (secondary N) is 2. The van der Waals surface area contributed by atoms with Gasteiger partial charge in [0.1, 0.15) is 0 Å². The molecular formula is C15H18N2O4S. The Bertz CT molecular complexity index is 642. The molecule has 2 N–H and O–H groups in total. The van der Waals surface area contributed by atoms with E-state index in [9.17, 15) is 4.79 Å². The predicted molar refractivity (Wildman–Crippen MR) is 85.9 cm³/mol. The first kappa shape index (κ1) is 16.1.